The van der Waals surface area contributed by atoms with Crippen LogP contribution in [0.25, 0.3) is 5.57 Å². The van der Waals surface area contributed by atoms with Gasteiger partial charge in [-0.1, -0.05) is 18.2 Å². The molecule has 2 aromatic carbocycles. The fourth-order valence-corrected chi connectivity index (χ4v) is 3.08. The molecule has 8 heteroatoms. The van der Waals surface area contributed by atoms with Crippen LogP contribution < -0.4 is 10.6 Å². The average Bonchev–Trinajstić information content (AvgIpc) is 3.10. The van der Waals surface area contributed by atoms with E-state index in [1.54, 1.807) is 6.07 Å². The van der Waals surface area contributed by atoms with Crippen LogP contribution in [0.3, 0.4) is 0 Å². The van der Waals surface area contributed by atoms with Crippen LogP contribution in [-0.4, -0.2) is 9.91 Å². The Morgan fingerprint density at radius 2 is 2.04 bits per heavy atom. The SMILES string of the molecule is Cc1csc(/C(C#N)=C/Nc2cc([N+](=O)[O-])ccc2Nc2ccccc2)n1. The van der Waals surface area contributed by atoms with Crippen LogP contribution in [0, 0.1) is 28.4 Å². The second-order valence-electron chi connectivity index (χ2n) is 5.59. The van der Waals surface area contributed by atoms with Crippen LogP contribution in [0.2, 0.25) is 0 Å². The average molecular weight is 377 g/mol. The molecule has 3 rings (SSSR count). The largest absolute Gasteiger partial charge is 0.358 e. The van der Waals surface area contributed by atoms with Crippen molar-refractivity contribution in [1.29, 1.82) is 5.26 Å². The summed E-state index contributed by atoms with van der Waals surface area (Å²) in [6, 6.07) is 16.0. The van der Waals surface area contributed by atoms with Gasteiger partial charge in [0.2, 0.25) is 0 Å². The van der Waals surface area contributed by atoms with E-state index in [1.165, 1.54) is 29.7 Å². The lowest BCUT2D eigenvalue weighted by molar-refractivity contribution is -0.384. The van der Waals surface area contributed by atoms with Gasteiger partial charge in [0.05, 0.1) is 16.3 Å². The Morgan fingerprint density at radius 1 is 1.26 bits per heavy atom. The monoisotopic (exact) mass is 377 g/mol. The number of nitrogens with zero attached hydrogens (tertiary/aromatic N) is 3. The Morgan fingerprint density at radius 3 is 2.67 bits per heavy atom. The number of non-ortho nitro benzene ring substituents is 1. The Labute approximate surface area is 159 Å². The maximum atomic E-state index is 11.1. The van der Waals surface area contributed by atoms with Crippen molar-refractivity contribution in [2.75, 3.05) is 10.6 Å². The minimum Gasteiger partial charge on any atom is -0.358 e. The number of aryl methyl sites for hydroxylation is 1. The molecule has 0 aliphatic rings. The van der Waals surface area contributed by atoms with E-state index in [2.05, 4.69) is 21.7 Å². The second-order valence-corrected chi connectivity index (χ2v) is 6.44. The third-order valence-electron chi connectivity index (χ3n) is 3.61. The van der Waals surface area contributed by atoms with Crippen LogP contribution in [0.4, 0.5) is 22.7 Å². The minimum absolute atomic E-state index is 0.0480. The van der Waals surface area contributed by atoms with E-state index >= 15 is 0 Å². The van der Waals surface area contributed by atoms with Crippen molar-refractivity contribution in [3.8, 4) is 6.07 Å². The molecule has 0 spiro atoms. The highest BCUT2D eigenvalue weighted by Gasteiger charge is 2.12. The lowest BCUT2D eigenvalue weighted by atomic mass is 10.2. The van der Waals surface area contributed by atoms with Gasteiger partial charge in [-0.2, -0.15) is 5.26 Å². The molecule has 1 aromatic heterocycles. The van der Waals surface area contributed by atoms with Gasteiger partial charge in [0.25, 0.3) is 5.69 Å². The van der Waals surface area contributed by atoms with E-state index in [9.17, 15) is 15.4 Å². The van der Waals surface area contributed by atoms with Crippen molar-refractivity contribution in [3.63, 3.8) is 0 Å². The fraction of sp³-hybridized carbons (Fsp3) is 0.0526. The van der Waals surface area contributed by atoms with Crippen molar-refractivity contribution >= 4 is 39.7 Å². The number of rotatable bonds is 6. The maximum absolute atomic E-state index is 11.1. The van der Waals surface area contributed by atoms with E-state index < -0.39 is 4.92 Å². The van der Waals surface area contributed by atoms with Gasteiger partial charge in [-0.3, -0.25) is 10.1 Å². The molecule has 0 fully saturated rings. The lowest BCUT2D eigenvalue weighted by Gasteiger charge is -2.12. The summed E-state index contributed by atoms with van der Waals surface area (Å²) < 4.78 is 0. The molecule has 0 radical (unpaired) electrons. The van der Waals surface area contributed by atoms with Gasteiger partial charge in [0, 0.05) is 35.1 Å². The highest BCUT2D eigenvalue weighted by molar-refractivity contribution is 7.10. The number of aromatic nitrogens is 1. The first-order chi connectivity index (χ1) is 13.1. The fourth-order valence-electron chi connectivity index (χ4n) is 2.32. The Kier molecular flexibility index (Phi) is 5.44. The molecule has 7 nitrogen and oxygen atoms in total. The number of para-hydroxylation sites is 1. The molecule has 0 saturated heterocycles. The molecule has 0 aliphatic carbocycles. The summed E-state index contributed by atoms with van der Waals surface area (Å²) in [5.41, 5.74) is 3.11. The van der Waals surface area contributed by atoms with E-state index in [0.717, 1.165) is 11.4 Å². The molecule has 2 N–H and O–H groups in total. The summed E-state index contributed by atoms with van der Waals surface area (Å²) >= 11 is 1.37. The molecule has 0 amide bonds. The highest BCUT2D eigenvalue weighted by Crippen LogP contribution is 2.30. The zero-order valence-corrected chi connectivity index (χ0v) is 15.2. The molecule has 1 heterocycles. The number of hydrogen-bond acceptors (Lipinski definition) is 7. The zero-order chi connectivity index (χ0) is 19.2. The zero-order valence-electron chi connectivity index (χ0n) is 14.3. The predicted molar refractivity (Wildman–Crippen MR) is 107 cm³/mol. The van der Waals surface area contributed by atoms with Crippen molar-refractivity contribution < 1.29 is 4.92 Å². The summed E-state index contributed by atoms with van der Waals surface area (Å²) in [6.45, 7) is 1.85. The maximum Gasteiger partial charge on any atom is 0.271 e. The number of nitrogens with one attached hydrogen (secondary N) is 2. The first-order valence-electron chi connectivity index (χ1n) is 7.96. The molecule has 0 atom stereocenters. The first-order valence-corrected chi connectivity index (χ1v) is 8.84. The molecule has 0 aliphatic heterocycles. The number of anilines is 3. The topological polar surface area (TPSA) is 104 Å². The molecule has 0 saturated carbocycles. The van der Waals surface area contributed by atoms with Crippen LogP contribution in [0.1, 0.15) is 10.7 Å². The number of nitro benzene ring substituents is 1. The summed E-state index contributed by atoms with van der Waals surface area (Å²) in [6.07, 6.45) is 1.51. The third-order valence-corrected chi connectivity index (χ3v) is 4.60. The van der Waals surface area contributed by atoms with Gasteiger partial charge in [0.1, 0.15) is 16.6 Å². The highest BCUT2D eigenvalue weighted by atomic mass is 32.1. The Balaban J connectivity index is 1.94. The van der Waals surface area contributed by atoms with Gasteiger partial charge >= 0.3 is 0 Å². The first kappa shape index (κ1) is 18.1. The summed E-state index contributed by atoms with van der Waals surface area (Å²) in [7, 11) is 0. The Hall–Kier alpha value is -3.70. The van der Waals surface area contributed by atoms with Gasteiger partial charge in [-0.15, -0.1) is 11.3 Å². The molecule has 3 aromatic rings. The number of thiazole rings is 1. The van der Waals surface area contributed by atoms with Crippen LogP contribution >= 0.6 is 11.3 Å². The quantitative estimate of drug-likeness (QED) is 0.353. The minimum atomic E-state index is -0.462. The van der Waals surface area contributed by atoms with Gasteiger partial charge < -0.3 is 10.6 Å². The van der Waals surface area contributed by atoms with Crippen molar-refractivity contribution in [1.82, 2.24) is 4.98 Å². The van der Waals surface area contributed by atoms with Crippen LogP contribution in [-0.2, 0) is 0 Å². The summed E-state index contributed by atoms with van der Waals surface area (Å²) in [5.74, 6) is 0. The van der Waals surface area contributed by atoms with Crippen LogP contribution in [0.5, 0.6) is 0 Å². The number of hydrogen-bond donors (Lipinski definition) is 2. The summed E-state index contributed by atoms with van der Waals surface area (Å²) in [4.78, 5) is 15.0. The van der Waals surface area contributed by atoms with Crippen LogP contribution in [0.15, 0.2) is 60.1 Å². The molecule has 27 heavy (non-hydrogen) atoms. The predicted octanol–water partition coefficient (Wildman–Crippen LogP) is 5.08. The molecule has 0 unspecified atom stereocenters. The van der Waals surface area contributed by atoms with Crippen molar-refractivity contribution in [2.45, 2.75) is 6.92 Å². The van der Waals surface area contributed by atoms with Gasteiger partial charge in [-0.25, -0.2) is 4.98 Å². The number of nitro groups is 1. The molecular weight excluding hydrogens is 362 g/mol. The number of benzene rings is 2. The van der Waals surface area contributed by atoms with E-state index in [-0.39, 0.29) is 5.69 Å². The molecular formula is C19H15N5O2S. The van der Waals surface area contributed by atoms with Gasteiger partial charge in [0.15, 0.2) is 0 Å². The lowest BCUT2D eigenvalue weighted by Crippen LogP contribution is -1.99. The van der Waals surface area contributed by atoms with Crippen molar-refractivity contribution in [3.05, 3.63) is 80.9 Å². The number of nitriles is 1. The smallest absolute Gasteiger partial charge is 0.271 e. The standard InChI is InChI=1S/C19H15N5O2S/c1-13-12-27-19(22-13)14(10-20)11-21-18-9-16(24(25)26)7-8-17(18)23-15-5-3-2-4-6-15/h2-9,11-12,21,23H,1H3/b14-11+. The molecule has 134 valence electrons. The van der Waals surface area contributed by atoms with E-state index in [0.29, 0.717) is 22.0 Å². The van der Waals surface area contributed by atoms with E-state index in [1.807, 2.05) is 42.6 Å². The summed E-state index contributed by atoms with van der Waals surface area (Å²) in [5, 5.41) is 29.2. The normalized spacial score (nSPS) is 10.9. The number of allylic oxidation sites excluding steroid dienone is 1. The molecule has 0 bridgehead atoms. The third kappa shape index (κ3) is 4.48. The Bertz CT molecular complexity index is 1040. The second kappa shape index (κ2) is 8.12. The van der Waals surface area contributed by atoms with Gasteiger partial charge in [-0.05, 0) is 25.1 Å². The van der Waals surface area contributed by atoms with E-state index in [4.69, 9.17) is 0 Å². The van der Waals surface area contributed by atoms with Crippen molar-refractivity contribution in [2.24, 2.45) is 0 Å².